The van der Waals surface area contributed by atoms with Gasteiger partial charge in [-0.3, -0.25) is 14.9 Å². The van der Waals surface area contributed by atoms with E-state index in [2.05, 4.69) is 59.1 Å². The summed E-state index contributed by atoms with van der Waals surface area (Å²) < 4.78 is 0. The van der Waals surface area contributed by atoms with Gasteiger partial charge in [-0.05, 0) is 43.3 Å². The highest BCUT2D eigenvalue weighted by atomic mass is 15.3. The van der Waals surface area contributed by atoms with Crippen LogP contribution in [-0.4, -0.2) is 53.0 Å². The molecule has 1 aliphatic heterocycles. The number of fused-ring (bicyclic) bond motifs is 1. The van der Waals surface area contributed by atoms with Crippen molar-refractivity contribution in [2.75, 3.05) is 33.2 Å². The van der Waals surface area contributed by atoms with Gasteiger partial charge in [0.15, 0.2) is 0 Å². The number of hydrogen-bond acceptors (Lipinski definition) is 4. The first-order chi connectivity index (χ1) is 12.2. The van der Waals surface area contributed by atoms with Crippen LogP contribution in [0.25, 0.3) is 10.9 Å². The number of aryl methyl sites for hydroxylation is 1. The summed E-state index contributed by atoms with van der Waals surface area (Å²) in [6.07, 6.45) is 3.78. The molecule has 0 spiro atoms. The first-order valence-corrected chi connectivity index (χ1v) is 8.92. The molecule has 1 saturated heterocycles. The van der Waals surface area contributed by atoms with E-state index < -0.39 is 0 Å². The third-order valence-electron chi connectivity index (χ3n) is 5.24. The van der Waals surface area contributed by atoms with Gasteiger partial charge in [0, 0.05) is 44.0 Å². The SMILES string of the molecule is Cc1c(C(c2ccccn2)N2CCN(C)CC2)ccc2cccnc12. The lowest BCUT2D eigenvalue weighted by Gasteiger charge is -2.38. The molecule has 1 atom stereocenters. The molecule has 1 aromatic carbocycles. The molecule has 1 aliphatic rings. The van der Waals surface area contributed by atoms with Crippen LogP contribution in [0.15, 0.2) is 54.9 Å². The molecule has 1 fully saturated rings. The zero-order chi connectivity index (χ0) is 17.2. The normalized spacial score (nSPS) is 17.7. The maximum Gasteiger partial charge on any atom is 0.0780 e. The lowest BCUT2D eigenvalue weighted by atomic mass is 9.94. The van der Waals surface area contributed by atoms with E-state index >= 15 is 0 Å². The average molecular weight is 332 g/mol. The Morgan fingerprint density at radius 2 is 1.68 bits per heavy atom. The number of likely N-dealkylation sites (N-methyl/N-ethyl adjacent to an activating group) is 1. The molecule has 1 unspecified atom stereocenters. The molecule has 0 N–H and O–H groups in total. The molecule has 4 nitrogen and oxygen atoms in total. The van der Waals surface area contributed by atoms with Gasteiger partial charge in [0.2, 0.25) is 0 Å². The van der Waals surface area contributed by atoms with Gasteiger partial charge < -0.3 is 4.90 Å². The summed E-state index contributed by atoms with van der Waals surface area (Å²) in [6.45, 7) is 6.48. The average Bonchev–Trinajstić information content (AvgIpc) is 2.66. The van der Waals surface area contributed by atoms with Crippen molar-refractivity contribution in [3.05, 3.63) is 71.7 Å². The highest BCUT2D eigenvalue weighted by molar-refractivity contribution is 5.82. The highest BCUT2D eigenvalue weighted by Crippen LogP contribution is 2.33. The number of nitrogens with zero attached hydrogens (tertiary/aromatic N) is 4. The number of benzene rings is 1. The fraction of sp³-hybridized carbons (Fsp3) is 0.333. The predicted octanol–water partition coefficient (Wildman–Crippen LogP) is 3.28. The molecule has 0 aliphatic carbocycles. The topological polar surface area (TPSA) is 32.3 Å². The molecule has 128 valence electrons. The summed E-state index contributed by atoms with van der Waals surface area (Å²) in [5.74, 6) is 0. The highest BCUT2D eigenvalue weighted by Gasteiger charge is 2.28. The Hall–Kier alpha value is -2.30. The van der Waals surface area contributed by atoms with Crippen LogP contribution in [0.3, 0.4) is 0 Å². The summed E-state index contributed by atoms with van der Waals surface area (Å²) in [5, 5.41) is 1.20. The predicted molar refractivity (Wildman–Crippen MR) is 102 cm³/mol. The second kappa shape index (κ2) is 6.90. The van der Waals surface area contributed by atoms with Gasteiger partial charge in [0.25, 0.3) is 0 Å². The molecule has 0 saturated carbocycles. The summed E-state index contributed by atoms with van der Waals surface area (Å²) in [4.78, 5) is 14.3. The molecule has 4 heteroatoms. The monoisotopic (exact) mass is 332 g/mol. The lowest BCUT2D eigenvalue weighted by Crippen LogP contribution is -2.46. The standard InChI is InChI=1S/C21H24N4/c1-16-18(9-8-17-6-5-11-23-20(16)17)21(19-7-3-4-10-22-19)25-14-12-24(2)13-15-25/h3-11,21H,12-15H2,1-2H3. The van der Waals surface area contributed by atoms with Crippen LogP contribution in [0.4, 0.5) is 0 Å². The van der Waals surface area contributed by atoms with Gasteiger partial charge in [-0.2, -0.15) is 0 Å². The minimum atomic E-state index is 0.182. The van der Waals surface area contributed by atoms with E-state index in [1.54, 1.807) is 0 Å². The summed E-state index contributed by atoms with van der Waals surface area (Å²) >= 11 is 0. The second-order valence-electron chi connectivity index (χ2n) is 6.85. The van der Waals surface area contributed by atoms with Crippen LogP contribution in [0.1, 0.15) is 22.9 Å². The van der Waals surface area contributed by atoms with Crippen molar-refractivity contribution in [1.29, 1.82) is 0 Å². The van der Waals surface area contributed by atoms with E-state index in [4.69, 9.17) is 4.98 Å². The molecule has 3 heterocycles. The first-order valence-electron chi connectivity index (χ1n) is 8.92. The van der Waals surface area contributed by atoms with Crippen molar-refractivity contribution in [3.63, 3.8) is 0 Å². The van der Waals surface area contributed by atoms with Gasteiger partial charge in [-0.25, -0.2) is 0 Å². The molecular formula is C21H24N4. The number of pyridine rings is 2. The molecular weight excluding hydrogens is 308 g/mol. The largest absolute Gasteiger partial charge is 0.304 e. The summed E-state index contributed by atoms with van der Waals surface area (Å²) in [6, 6.07) is 15.0. The van der Waals surface area contributed by atoms with E-state index in [0.717, 1.165) is 37.4 Å². The van der Waals surface area contributed by atoms with Crippen LogP contribution < -0.4 is 0 Å². The van der Waals surface area contributed by atoms with Crippen LogP contribution in [0.5, 0.6) is 0 Å². The Kier molecular flexibility index (Phi) is 4.47. The van der Waals surface area contributed by atoms with Gasteiger partial charge in [-0.15, -0.1) is 0 Å². The zero-order valence-electron chi connectivity index (χ0n) is 14.9. The Morgan fingerprint density at radius 3 is 2.44 bits per heavy atom. The second-order valence-corrected chi connectivity index (χ2v) is 6.85. The van der Waals surface area contributed by atoms with Crippen molar-refractivity contribution in [2.24, 2.45) is 0 Å². The van der Waals surface area contributed by atoms with E-state index in [9.17, 15) is 0 Å². The molecule has 2 aromatic heterocycles. The Labute approximate surface area is 149 Å². The van der Waals surface area contributed by atoms with E-state index in [0.29, 0.717) is 0 Å². The Balaban J connectivity index is 1.82. The Bertz CT molecular complexity index is 854. The van der Waals surface area contributed by atoms with Crippen molar-refractivity contribution in [1.82, 2.24) is 19.8 Å². The third kappa shape index (κ3) is 3.15. The molecule has 0 bridgehead atoms. The van der Waals surface area contributed by atoms with E-state index in [1.165, 1.54) is 16.5 Å². The minimum Gasteiger partial charge on any atom is -0.304 e. The maximum atomic E-state index is 4.70. The van der Waals surface area contributed by atoms with Crippen molar-refractivity contribution in [3.8, 4) is 0 Å². The first kappa shape index (κ1) is 16.2. The zero-order valence-corrected chi connectivity index (χ0v) is 14.9. The number of rotatable bonds is 3. The quantitative estimate of drug-likeness (QED) is 0.737. The fourth-order valence-corrected chi connectivity index (χ4v) is 3.76. The molecule has 3 aromatic rings. The Morgan fingerprint density at radius 1 is 0.880 bits per heavy atom. The fourth-order valence-electron chi connectivity index (χ4n) is 3.76. The molecule has 4 rings (SSSR count). The van der Waals surface area contributed by atoms with Crippen molar-refractivity contribution < 1.29 is 0 Å². The molecule has 0 radical (unpaired) electrons. The van der Waals surface area contributed by atoms with Crippen molar-refractivity contribution >= 4 is 10.9 Å². The number of piperazine rings is 1. The van der Waals surface area contributed by atoms with Crippen LogP contribution in [0.2, 0.25) is 0 Å². The van der Waals surface area contributed by atoms with Crippen LogP contribution >= 0.6 is 0 Å². The van der Waals surface area contributed by atoms with Gasteiger partial charge in [-0.1, -0.05) is 24.3 Å². The minimum absolute atomic E-state index is 0.182. The van der Waals surface area contributed by atoms with Gasteiger partial charge >= 0.3 is 0 Å². The van der Waals surface area contributed by atoms with Crippen LogP contribution in [-0.2, 0) is 0 Å². The van der Waals surface area contributed by atoms with Gasteiger partial charge in [0.05, 0.1) is 17.3 Å². The maximum absolute atomic E-state index is 4.70. The number of hydrogen-bond donors (Lipinski definition) is 0. The smallest absolute Gasteiger partial charge is 0.0780 e. The van der Waals surface area contributed by atoms with Gasteiger partial charge in [0.1, 0.15) is 0 Å². The van der Waals surface area contributed by atoms with Crippen molar-refractivity contribution in [2.45, 2.75) is 13.0 Å². The van der Waals surface area contributed by atoms with Crippen LogP contribution in [0, 0.1) is 6.92 Å². The summed E-state index contributed by atoms with van der Waals surface area (Å²) in [5.41, 5.74) is 4.78. The molecule has 25 heavy (non-hydrogen) atoms. The van der Waals surface area contributed by atoms with E-state index in [-0.39, 0.29) is 6.04 Å². The third-order valence-corrected chi connectivity index (χ3v) is 5.24. The summed E-state index contributed by atoms with van der Waals surface area (Å²) in [7, 11) is 2.19. The lowest BCUT2D eigenvalue weighted by molar-refractivity contribution is 0.125. The van der Waals surface area contributed by atoms with E-state index in [1.807, 2.05) is 24.5 Å². The molecule has 0 amide bonds. The number of aromatic nitrogens is 2.